The van der Waals surface area contributed by atoms with Crippen molar-refractivity contribution >= 4 is 23.5 Å². The van der Waals surface area contributed by atoms with Crippen molar-refractivity contribution in [2.75, 3.05) is 43.5 Å². The van der Waals surface area contributed by atoms with E-state index < -0.39 is 0 Å². The van der Waals surface area contributed by atoms with Crippen molar-refractivity contribution in [1.29, 1.82) is 0 Å². The van der Waals surface area contributed by atoms with Gasteiger partial charge in [-0.2, -0.15) is 0 Å². The highest BCUT2D eigenvalue weighted by atomic mass is 16.5. The van der Waals surface area contributed by atoms with Gasteiger partial charge in [0, 0.05) is 49.8 Å². The van der Waals surface area contributed by atoms with Crippen molar-refractivity contribution in [3.63, 3.8) is 0 Å². The Bertz CT molecular complexity index is 1180. The quantitative estimate of drug-likeness (QED) is 0.518. The van der Waals surface area contributed by atoms with Crippen LogP contribution in [0.5, 0.6) is 11.5 Å². The van der Waals surface area contributed by atoms with Crippen molar-refractivity contribution in [2.45, 2.75) is 26.4 Å². The van der Waals surface area contributed by atoms with E-state index >= 15 is 0 Å². The van der Waals surface area contributed by atoms with Crippen LogP contribution in [-0.4, -0.2) is 66.1 Å². The number of amides is 2. The summed E-state index contributed by atoms with van der Waals surface area (Å²) in [6.07, 6.45) is 3.75. The molecule has 0 aliphatic carbocycles. The van der Waals surface area contributed by atoms with Crippen molar-refractivity contribution in [3.05, 3.63) is 72.1 Å². The fraction of sp³-hybridized carbons (Fsp3) is 0.333. The number of nitrogens with one attached hydrogen (secondary N) is 1. The summed E-state index contributed by atoms with van der Waals surface area (Å²) in [5.74, 6) is 1.61. The van der Waals surface area contributed by atoms with Crippen molar-refractivity contribution in [3.8, 4) is 11.5 Å². The zero-order valence-corrected chi connectivity index (χ0v) is 20.8. The number of aromatic nitrogens is 2. The lowest BCUT2D eigenvalue weighted by atomic mass is 10.1. The third kappa shape index (κ3) is 6.29. The Labute approximate surface area is 211 Å². The van der Waals surface area contributed by atoms with Gasteiger partial charge < -0.3 is 24.6 Å². The molecule has 1 N–H and O–H groups in total. The van der Waals surface area contributed by atoms with Crippen LogP contribution in [0, 0.1) is 0 Å². The van der Waals surface area contributed by atoms with Gasteiger partial charge in [-0.1, -0.05) is 12.1 Å². The molecule has 0 bridgehead atoms. The van der Waals surface area contributed by atoms with Gasteiger partial charge >= 0.3 is 0 Å². The van der Waals surface area contributed by atoms with Crippen LogP contribution >= 0.6 is 0 Å². The number of anilines is 2. The molecule has 1 saturated heterocycles. The molecule has 1 fully saturated rings. The summed E-state index contributed by atoms with van der Waals surface area (Å²) < 4.78 is 11.1. The van der Waals surface area contributed by atoms with Gasteiger partial charge in [-0.05, 0) is 55.8 Å². The first-order valence-corrected chi connectivity index (χ1v) is 12.0. The van der Waals surface area contributed by atoms with Gasteiger partial charge in [-0.15, -0.1) is 0 Å². The second kappa shape index (κ2) is 11.5. The average Bonchev–Trinajstić information content (AvgIpc) is 2.90. The second-order valence-electron chi connectivity index (χ2n) is 8.78. The third-order valence-corrected chi connectivity index (χ3v) is 5.82. The molecule has 0 atom stereocenters. The minimum atomic E-state index is -0.256. The van der Waals surface area contributed by atoms with E-state index in [1.54, 1.807) is 55.9 Å². The van der Waals surface area contributed by atoms with Crippen LogP contribution in [0.15, 0.2) is 60.9 Å². The molecule has 0 unspecified atom stereocenters. The largest absolute Gasteiger partial charge is 0.493 e. The van der Waals surface area contributed by atoms with Crippen LogP contribution in [-0.2, 0) is 11.2 Å². The maximum absolute atomic E-state index is 12.8. The van der Waals surface area contributed by atoms with Gasteiger partial charge in [0.2, 0.25) is 11.9 Å². The van der Waals surface area contributed by atoms with Crippen LogP contribution < -0.4 is 19.7 Å². The lowest BCUT2D eigenvalue weighted by molar-refractivity contribution is -0.130. The van der Waals surface area contributed by atoms with Gasteiger partial charge in [-0.3, -0.25) is 9.59 Å². The van der Waals surface area contributed by atoms with Crippen molar-refractivity contribution in [2.24, 2.45) is 0 Å². The van der Waals surface area contributed by atoms with Gasteiger partial charge in [0.05, 0.1) is 19.6 Å². The third-order valence-electron chi connectivity index (χ3n) is 5.82. The number of rotatable bonds is 8. The number of hydrogen-bond donors (Lipinski definition) is 1. The van der Waals surface area contributed by atoms with Crippen LogP contribution in [0.25, 0.3) is 0 Å². The number of ether oxygens (including phenoxy) is 2. The lowest BCUT2D eigenvalue weighted by Crippen LogP contribution is -2.49. The highest BCUT2D eigenvalue weighted by Gasteiger charge is 2.22. The number of carbonyl (C=O) groups is 2. The van der Waals surface area contributed by atoms with Crippen LogP contribution in [0.3, 0.4) is 0 Å². The van der Waals surface area contributed by atoms with E-state index in [0.29, 0.717) is 61.3 Å². The van der Waals surface area contributed by atoms with Crippen molar-refractivity contribution in [1.82, 2.24) is 14.9 Å². The molecular weight excluding hydrogens is 458 g/mol. The molecule has 2 heterocycles. The predicted octanol–water partition coefficient (Wildman–Crippen LogP) is 3.42. The number of carbonyl (C=O) groups excluding carboxylic acids is 2. The lowest BCUT2D eigenvalue weighted by Gasteiger charge is -2.34. The summed E-state index contributed by atoms with van der Waals surface area (Å²) in [5, 5.41) is 2.89. The molecule has 2 amide bonds. The summed E-state index contributed by atoms with van der Waals surface area (Å²) in [6.45, 7) is 6.54. The summed E-state index contributed by atoms with van der Waals surface area (Å²) >= 11 is 0. The monoisotopic (exact) mass is 489 g/mol. The maximum atomic E-state index is 12.8. The minimum absolute atomic E-state index is 0.00234. The van der Waals surface area contributed by atoms with Gasteiger partial charge in [0.1, 0.15) is 0 Å². The van der Waals surface area contributed by atoms with Crippen molar-refractivity contribution < 1.29 is 19.1 Å². The molecule has 0 radical (unpaired) electrons. The summed E-state index contributed by atoms with van der Waals surface area (Å²) in [6, 6.07) is 14.2. The van der Waals surface area contributed by atoms with Crippen LogP contribution in [0.1, 0.15) is 29.8 Å². The van der Waals surface area contributed by atoms with E-state index in [2.05, 4.69) is 20.2 Å². The number of piperazine rings is 1. The molecule has 9 heteroatoms. The Hall–Kier alpha value is -4.14. The normalized spacial score (nSPS) is 13.4. The number of hydrogen-bond acceptors (Lipinski definition) is 7. The first-order chi connectivity index (χ1) is 17.4. The first kappa shape index (κ1) is 25.0. The standard InChI is InChI=1S/C27H31N5O4/c1-19(2)36-23-10-7-21(18-24(23)35-3)26(34)30-22-8-5-20(6-9-22)17-25(33)31-13-15-32(16-14-31)27-28-11-4-12-29-27/h4-12,18-19H,13-17H2,1-3H3,(H,30,34). The Morgan fingerprint density at radius 2 is 1.67 bits per heavy atom. The SMILES string of the molecule is COc1cc(C(=O)Nc2ccc(CC(=O)N3CCN(c4ncccn4)CC3)cc2)ccc1OC(C)C. The first-order valence-electron chi connectivity index (χ1n) is 12.0. The molecule has 1 aromatic heterocycles. The molecule has 36 heavy (non-hydrogen) atoms. The van der Waals surface area contributed by atoms with Crippen LogP contribution in [0.4, 0.5) is 11.6 Å². The van der Waals surface area contributed by atoms with E-state index in [1.165, 1.54) is 0 Å². The Balaban J connectivity index is 1.30. The number of nitrogens with zero attached hydrogens (tertiary/aromatic N) is 4. The fourth-order valence-corrected chi connectivity index (χ4v) is 3.97. The molecule has 3 aromatic rings. The van der Waals surface area contributed by atoms with E-state index in [4.69, 9.17) is 9.47 Å². The highest BCUT2D eigenvalue weighted by molar-refractivity contribution is 6.04. The van der Waals surface area contributed by atoms with E-state index in [9.17, 15) is 9.59 Å². The molecule has 1 aliphatic heterocycles. The van der Waals surface area contributed by atoms with Gasteiger partial charge in [-0.25, -0.2) is 9.97 Å². The zero-order valence-electron chi connectivity index (χ0n) is 20.8. The molecule has 0 saturated carbocycles. The molecule has 2 aromatic carbocycles. The number of benzene rings is 2. The molecule has 1 aliphatic rings. The smallest absolute Gasteiger partial charge is 0.255 e. The van der Waals surface area contributed by atoms with Gasteiger partial charge in [0.15, 0.2) is 11.5 Å². The molecule has 4 rings (SSSR count). The minimum Gasteiger partial charge on any atom is -0.493 e. The van der Waals surface area contributed by atoms with E-state index in [-0.39, 0.29) is 17.9 Å². The highest BCUT2D eigenvalue weighted by Crippen LogP contribution is 2.29. The Kier molecular flexibility index (Phi) is 7.99. The molecule has 188 valence electrons. The molecular formula is C27H31N5O4. The molecule has 0 spiro atoms. The Morgan fingerprint density at radius 3 is 2.31 bits per heavy atom. The van der Waals surface area contributed by atoms with Gasteiger partial charge in [0.25, 0.3) is 5.91 Å². The van der Waals surface area contributed by atoms with Crippen LogP contribution in [0.2, 0.25) is 0 Å². The fourth-order valence-electron chi connectivity index (χ4n) is 3.97. The predicted molar refractivity (Wildman–Crippen MR) is 138 cm³/mol. The second-order valence-corrected chi connectivity index (χ2v) is 8.78. The topological polar surface area (TPSA) is 96.9 Å². The molecule has 9 nitrogen and oxygen atoms in total. The summed E-state index contributed by atoms with van der Waals surface area (Å²) in [7, 11) is 1.54. The maximum Gasteiger partial charge on any atom is 0.255 e. The number of methoxy groups -OCH3 is 1. The average molecular weight is 490 g/mol. The van der Waals surface area contributed by atoms with E-state index in [1.807, 2.05) is 30.9 Å². The Morgan fingerprint density at radius 1 is 0.972 bits per heavy atom. The zero-order chi connectivity index (χ0) is 25.5. The summed E-state index contributed by atoms with van der Waals surface area (Å²) in [5.41, 5.74) is 2.00. The summed E-state index contributed by atoms with van der Waals surface area (Å²) in [4.78, 5) is 38.0. The van der Waals surface area contributed by atoms with E-state index in [0.717, 1.165) is 5.56 Å².